The van der Waals surface area contributed by atoms with Gasteiger partial charge in [-0.1, -0.05) is 6.07 Å². The van der Waals surface area contributed by atoms with Crippen molar-refractivity contribution in [3.63, 3.8) is 0 Å². The van der Waals surface area contributed by atoms with Gasteiger partial charge in [-0.2, -0.15) is 9.61 Å². The molecule has 0 saturated heterocycles. The van der Waals surface area contributed by atoms with E-state index in [-0.39, 0.29) is 0 Å². The van der Waals surface area contributed by atoms with Crippen molar-refractivity contribution in [1.29, 1.82) is 0 Å². The van der Waals surface area contributed by atoms with Crippen LogP contribution in [-0.2, 0) is 0 Å². The molecule has 0 fully saturated rings. The maximum atomic E-state index is 5.75. The van der Waals surface area contributed by atoms with E-state index in [9.17, 15) is 0 Å². The number of pyridine rings is 2. The van der Waals surface area contributed by atoms with Gasteiger partial charge < -0.3 is 11.1 Å². The quantitative estimate of drug-likeness (QED) is 0.603. The number of nitrogen functional groups attached to an aromatic ring is 1. The molecular formula is C17H15N7. The maximum Gasteiger partial charge on any atom is 0.158 e. The van der Waals surface area contributed by atoms with Crippen molar-refractivity contribution in [3.05, 3.63) is 60.6 Å². The number of nitrogens with two attached hydrogens (primary N) is 1. The molecule has 0 radical (unpaired) electrons. The average molecular weight is 317 g/mol. The Kier molecular flexibility index (Phi) is 3.31. The van der Waals surface area contributed by atoms with Gasteiger partial charge in [0.15, 0.2) is 5.65 Å². The summed E-state index contributed by atoms with van der Waals surface area (Å²) in [6, 6.07) is 13.2. The van der Waals surface area contributed by atoms with Gasteiger partial charge in [-0.05, 0) is 25.1 Å². The van der Waals surface area contributed by atoms with Gasteiger partial charge in [0.1, 0.15) is 11.6 Å². The third-order valence-corrected chi connectivity index (χ3v) is 3.56. The van der Waals surface area contributed by atoms with Crippen LogP contribution in [0.4, 0.5) is 17.3 Å². The SMILES string of the molecule is Cc1cccc(-c2cc(Nc3ccnc(N)c3)n3nccc3n2)n1. The topological polar surface area (TPSA) is 94.0 Å². The monoisotopic (exact) mass is 317 g/mol. The number of nitrogens with one attached hydrogen (secondary N) is 1. The Morgan fingerprint density at radius 1 is 1.00 bits per heavy atom. The van der Waals surface area contributed by atoms with Crippen molar-refractivity contribution in [3.8, 4) is 11.4 Å². The Morgan fingerprint density at radius 3 is 2.75 bits per heavy atom. The summed E-state index contributed by atoms with van der Waals surface area (Å²) < 4.78 is 1.73. The van der Waals surface area contributed by atoms with Gasteiger partial charge in [-0.3, -0.25) is 4.98 Å². The van der Waals surface area contributed by atoms with Crippen molar-refractivity contribution in [2.45, 2.75) is 6.92 Å². The van der Waals surface area contributed by atoms with Crippen LogP contribution < -0.4 is 11.1 Å². The summed E-state index contributed by atoms with van der Waals surface area (Å²) in [5.74, 6) is 1.22. The Balaban J connectivity index is 1.83. The molecule has 0 aliphatic rings. The highest BCUT2D eigenvalue weighted by Crippen LogP contribution is 2.23. The summed E-state index contributed by atoms with van der Waals surface area (Å²) in [5, 5.41) is 7.63. The number of aryl methyl sites for hydroxylation is 1. The fourth-order valence-electron chi connectivity index (χ4n) is 2.49. The molecule has 4 aromatic rings. The molecule has 0 saturated carbocycles. The number of nitrogens with zero attached hydrogens (tertiary/aromatic N) is 5. The lowest BCUT2D eigenvalue weighted by Gasteiger charge is -2.11. The van der Waals surface area contributed by atoms with Gasteiger partial charge in [0.05, 0.1) is 17.6 Å². The molecule has 118 valence electrons. The summed E-state index contributed by atoms with van der Waals surface area (Å²) in [5.41, 5.74) is 9.84. The average Bonchev–Trinajstić information content (AvgIpc) is 3.04. The number of rotatable bonds is 3. The molecule has 0 aromatic carbocycles. The van der Waals surface area contributed by atoms with Crippen LogP contribution in [0.5, 0.6) is 0 Å². The number of fused-ring (bicyclic) bond motifs is 1. The highest BCUT2D eigenvalue weighted by atomic mass is 15.3. The molecule has 0 spiro atoms. The molecule has 4 aromatic heterocycles. The fraction of sp³-hybridized carbons (Fsp3) is 0.0588. The fourth-order valence-corrected chi connectivity index (χ4v) is 2.49. The van der Waals surface area contributed by atoms with E-state index in [1.807, 2.05) is 43.3 Å². The Hall–Kier alpha value is -3.48. The standard InChI is InChI=1S/C17H15N7/c1-11-3-2-4-13(21-11)14-10-17(24-16(23-14)6-8-20-24)22-12-5-7-19-15(18)9-12/h2-10H,1H3,(H3,18,19,22). The van der Waals surface area contributed by atoms with E-state index in [0.29, 0.717) is 5.82 Å². The molecule has 4 rings (SSSR count). The summed E-state index contributed by atoms with van der Waals surface area (Å²) in [6.07, 6.45) is 3.37. The summed E-state index contributed by atoms with van der Waals surface area (Å²) in [6.45, 7) is 1.96. The molecule has 0 aliphatic carbocycles. The highest BCUT2D eigenvalue weighted by molar-refractivity contribution is 5.68. The van der Waals surface area contributed by atoms with E-state index in [0.717, 1.165) is 34.2 Å². The van der Waals surface area contributed by atoms with Crippen LogP contribution in [0.15, 0.2) is 54.9 Å². The maximum absolute atomic E-state index is 5.75. The Labute approximate surface area is 138 Å². The first kappa shape index (κ1) is 14.1. The number of hydrogen-bond donors (Lipinski definition) is 2. The highest BCUT2D eigenvalue weighted by Gasteiger charge is 2.10. The van der Waals surface area contributed by atoms with Crippen LogP contribution in [0.1, 0.15) is 5.69 Å². The van der Waals surface area contributed by atoms with E-state index in [1.165, 1.54) is 0 Å². The minimum atomic E-state index is 0.450. The van der Waals surface area contributed by atoms with Crippen molar-refractivity contribution in [2.75, 3.05) is 11.1 Å². The minimum absolute atomic E-state index is 0.450. The smallest absolute Gasteiger partial charge is 0.158 e. The van der Waals surface area contributed by atoms with Crippen molar-refractivity contribution in [1.82, 2.24) is 24.6 Å². The van der Waals surface area contributed by atoms with E-state index in [2.05, 4.69) is 25.4 Å². The molecule has 0 aliphatic heterocycles. The lowest BCUT2D eigenvalue weighted by Crippen LogP contribution is -2.03. The molecule has 7 heteroatoms. The van der Waals surface area contributed by atoms with Crippen molar-refractivity contribution >= 4 is 23.0 Å². The van der Waals surface area contributed by atoms with Crippen LogP contribution in [0.2, 0.25) is 0 Å². The molecule has 0 unspecified atom stereocenters. The molecule has 24 heavy (non-hydrogen) atoms. The predicted molar refractivity (Wildman–Crippen MR) is 92.9 cm³/mol. The molecule has 4 heterocycles. The van der Waals surface area contributed by atoms with E-state index < -0.39 is 0 Å². The minimum Gasteiger partial charge on any atom is -0.384 e. The normalized spacial score (nSPS) is 10.9. The zero-order valence-electron chi connectivity index (χ0n) is 13.0. The first-order chi connectivity index (χ1) is 11.7. The molecule has 7 nitrogen and oxygen atoms in total. The van der Waals surface area contributed by atoms with Gasteiger partial charge >= 0.3 is 0 Å². The third-order valence-electron chi connectivity index (χ3n) is 3.56. The second-order valence-corrected chi connectivity index (χ2v) is 5.39. The van der Waals surface area contributed by atoms with Gasteiger partial charge in [0, 0.05) is 35.8 Å². The van der Waals surface area contributed by atoms with Gasteiger partial charge in [0.25, 0.3) is 0 Å². The zero-order chi connectivity index (χ0) is 16.5. The number of hydrogen-bond acceptors (Lipinski definition) is 6. The van der Waals surface area contributed by atoms with Crippen molar-refractivity contribution < 1.29 is 0 Å². The van der Waals surface area contributed by atoms with Gasteiger partial charge in [-0.25, -0.2) is 9.97 Å². The van der Waals surface area contributed by atoms with Crippen LogP contribution in [0.3, 0.4) is 0 Å². The largest absolute Gasteiger partial charge is 0.384 e. The summed E-state index contributed by atoms with van der Waals surface area (Å²) in [7, 11) is 0. The lowest BCUT2D eigenvalue weighted by atomic mass is 10.2. The van der Waals surface area contributed by atoms with Crippen LogP contribution in [0.25, 0.3) is 17.0 Å². The van der Waals surface area contributed by atoms with Gasteiger partial charge in [0.2, 0.25) is 0 Å². The number of anilines is 3. The third kappa shape index (κ3) is 2.63. The molecule has 0 atom stereocenters. The molecule has 3 N–H and O–H groups in total. The lowest BCUT2D eigenvalue weighted by molar-refractivity contribution is 0.947. The van der Waals surface area contributed by atoms with Crippen LogP contribution in [0, 0.1) is 6.92 Å². The van der Waals surface area contributed by atoms with E-state index in [4.69, 9.17) is 5.73 Å². The van der Waals surface area contributed by atoms with E-state index in [1.54, 1.807) is 23.0 Å². The Morgan fingerprint density at radius 2 is 1.92 bits per heavy atom. The second-order valence-electron chi connectivity index (χ2n) is 5.39. The first-order valence-corrected chi connectivity index (χ1v) is 7.46. The zero-order valence-corrected chi connectivity index (χ0v) is 13.0. The molecule has 0 bridgehead atoms. The van der Waals surface area contributed by atoms with Crippen LogP contribution >= 0.6 is 0 Å². The second kappa shape index (κ2) is 5.62. The summed E-state index contributed by atoms with van der Waals surface area (Å²) >= 11 is 0. The number of aromatic nitrogens is 5. The molecular weight excluding hydrogens is 302 g/mol. The summed E-state index contributed by atoms with van der Waals surface area (Å²) in [4.78, 5) is 13.2. The molecule has 0 amide bonds. The van der Waals surface area contributed by atoms with Crippen LogP contribution in [-0.4, -0.2) is 24.6 Å². The predicted octanol–water partition coefficient (Wildman–Crippen LogP) is 2.82. The van der Waals surface area contributed by atoms with Gasteiger partial charge in [-0.15, -0.1) is 0 Å². The Bertz CT molecular complexity index is 1020. The van der Waals surface area contributed by atoms with Crippen molar-refractivity contribution in [2.24, 2.45) is 0 Å². The van der Waals surface area contributed by atoms with E-state index >= 15 is 0 Å². The first-order valence-electron chi connectivity index (χ1n) is 7.46.